The van der Waals surface area contributed by atoms with Gasteiger partial charge in [0.15, 0.2) is 0 Å². The highest BCUT2D eigenvalue weighted by molar-refractivity contribution is 7.99. The standard InChI is InChI=1S/C16H17N3O2S/c1-11-6-7-16(17-9-11)22-10-15(21)19-14-5-3-4-13(8-14)18-12(2)20/h3-9H,10H2,1-2H3,(H,18,20)(H,19,21). The van der Waals surface area contributed by atoms with Crippen LogP contribution in [0, 0.1) is 6.92 Å². The van der Waals surface area contributed by atoms with Crippen molar-refractivity contribution in [1.29, 1.82) is 0 Å². The predicted molar refractivity (Wildman–Crippen MR) is 89.1 cm³/mol. The monoisotopic (exact) mass is 315 g/mol. The molecule has 2 amide bonds. The fourth-order valence-electron chi connectivity index (χ4n) is 1.75. The molecule has 0 spiro atoms. The quantitative estimate of drug-likeness (QED) is 0.832. The molecule has 0 radical (unpaired) electrons. The van der Waals surface area contributed by atoms with Gasteiger partial charge >= 0.3 is 0 Å². The molecule has 6 heteroatoms. The van der Waals surface area contributed by atoms with Gasteiger partial charge in [0.2, 0.25) is 11.8 Å². The Labute approximate surface area is 133 Å². The molecule has 1 aromatic heterocycles. The van der Waals surface area contributed by atoms with Crippen molar-refractivity contribution >= 4 is 35.0 Å². The fourth-order valence-corrected chi connectivity index (χ4v) is 2.40. The van der Waals surface area contributed by atoms with Crippen LogP contribution in [0.15, 0.2) is 47.6 Å². The first kappa shape index (κ1) is 16.0. The van der Waals surface area contributed by atoms with Gasteiger partial charge in [0.1, 0.15) is 0 Å². The second-order valence-corrected chi connectivity index (χ2v) is 5.77. The Morgan fingerprint density at radius 1 is 1.14 bits per heavy atom. The van der Waals surface area contributed by atoms with Crippen molar-refractivity contribution in [3.63, 3.8) is 0 Å². The van der Waals surface area contributed by atoms with Crippen LogP contribution in [0.4, 0.5) is 11.4 Å². The maximum Gasteiger partial charge on any atom is 0.234 e. The molecule has 0 atom stereocenters. The Balaban J connectivity index is 1.89. The van der Waals surface area contributed by atoms with Gasteiger partial charge in [-0.2, -0.15) is 0 Å². The number of aromatic nitrogens is 1. The first-order valence-electron chi connectivity index (χ1n) is 6.76. The minimum absolute atomic E-state index is 0.118. The number of rotatable bonds is 5. The van der Waals surface area contributed by atoms with E-state index in [9.17, 15) is 9.59 Å². The second-order valence-electron chi connectivity index (χ2n) is 4.77. The van der Waals surface area contributed by atoms with E-state index < -0.39 is 0 Å². The first-order chi connectivity index (χ1) is 10.5. The molecule has 2 rings (SSSR count). The summed E-state index contributed by atoms with van der Waals surface area (Å²) in [6.07, 6.45) is 1.77. The third-order valence-corrected chi connectivity index (χ3v) is 3.65. The van der Waals surface area contributed by atoms with Crippen LogP contribution in [-0.2, 0) is 9.59 Å². The molecule has 0 aliphatic heterocycles. The average Bonchev–Trinajstić information content (AvgIpc) is 2.46. The molecule has 2 N–H and O–H groups in total. The topological polar surface area (TPSA) is 71.1 Å². The van der Waals surface area contributed by atoms with Gasteiger partial charge < -0.3 is 10.6 Å². The summed E-state index contributed by atoms with van der Waals surface area (Å²) in [6.45, 7) is 3.41. The van der Waals surface area contributed by atoms with Crippen molar-refractivity contribution in [1.82, 2.24) is 4.98 Å². The zero-order valence-corrected chi connectivity index (χ0v) is 13.2. The van der Waals surface area contributed by atoms with Crippen molar-refractivity contribution in [2.24, 2.45) is 0 Å². The molecule has 114 valence electrons. The van der Waals surface area contributed by atoms with Gasteiger partial charge in [-0.3, -0.25) is 9.59 Å². The number of benzene rings is 1. The summed E-state index contributed by atoms with van der Waals surface area (Å²) >= 11 is 1.38. The largest absolute Gasteiger partial charge is 0.326 e. The summed E-state index contributed by atoms with van der Waals surface area (Å²) in [6, 6.07) is 10.9. The number of carbonyl (C=O) groups excluding carboxylic acids is 2. The molecule has 0 bridgehead atoms. The van der Waals surface area contributed by atoms with Crippen LogP contribution in [0.25, 0.3) is 0 Å². The van der Waals surface area contributed by atoms with E-state index in [2.05, 4.69) is 15.6 Å². The number of thioether (sulfide) groups is 1. The maximum absolute atomic E-state index is 11.9. The van der Waals surface area contributed by atoms with Gasteiger partial charge in [-0.05, 0) is 36.8 Å². The molecular formula is C16H17N3O2S. The third-order valence-electron chi connectivity index (χ3n) is 2.70. The fraction of sp³-hybridized carbons (Fsp3) is 0.188. The van der Waals surface area contributed by atoms with Crippen molar-refractivity contribution in [2.45, 2.75) is 18.9 Å². The number of anilines is 2. The van der Waals surface area contributed by atoms with E-state index in [0.717, 1.165) is 10.6 Å². The number of amides is 2. The highest BCUT2D eigenvalue weighted by atomic mass is 32.2. The van der Waals surface area contributed by atoms with Crippen molar-refractivity contribution < 1.29 is 9.59 Å². The molecule has 0 saturated heterocycles. The van der Waals surface area contributed by atoms with Crippen molar-refractivity contribution in [3.8, 4) is 0 Å². The Morgan fingerprint density at radius 3 is 2.50 bits per heavy atom. The van der Waals surface area contributed by atoms with Gasteiger partial charge in [-0.1, -0.05) is 23.9 Å². The summed E-state index contributed by atoms with van der Waals surface area (Å²) in [5.74, 6) is 0.0114. The molecule has 0 aliphatic carbocycles. The normalized spacial score (nSPS) is 10.1. The summed E-state index contributed by atoms with van der Waals surface area (Å²) in [5.41, 5.74) is 2.38. The summed E-state index contributed by atoms with van der Waals surface area (Å²) < 4.78 is 0. The van der Waals surface area contributed by atoms with E-state index >= 15 is 0 Å². The van der Waals surface area contributed by atoms with Crippen LogP contribution in [0.2, 0.25) is 0 Å². The molecule has 5 nitrogen and oxygen atoms in total. The van der Waals surface area contributed by atoms with E-state index in [1.807, 2.05) is 19.1 Å². The number of nitrogens with zero attached hydrogens (tertiary/aromatic N) is 1. The van der Waals surface area contributed by atoms with Crippen LogP contribution in [0.1, 0.15) is 12.5 Å². The molecular weight excluding hydrogens is 298 g/mol. The van der Waals surface area contributed by atoms with Crippen molar-refractivity contribution in [3.05, 3.63) is 48.2 Å². The molecule has 1 aromatic carbocycles. The number of aryl methyl sites for hydroxylation is 1. The van der Waals surface area contributed by atoms with E-state index in [0.29, 0.717) is 11.4 Å². The number of hydrogen-bond acceptors (Lipinski definition) is 4. The lowest BCUT2D eigenvalue weighted by molar-refractivity contribution is -0.114. The SMILES string of the molecule is CC(=O)Nc1cccc(NC(=O)CSc2ccc(C)cn2)c1. The number of carbonyl (C=O) groups is 2. The number of pyridine rings is 1. The summed E-state index contributed by atoms with van der Waals surface area (Å²) in [4.78, 5) is 27.2. The third kappa shape index (κ3) is 5.21. The van der Waals surface area contributed by atoms with Crippen LogP contribution in [-0.4, -0.2) is 22.6 Å². The molecule has 22 heavy (non-hydrogen) atoms. The molecule has 0 fully saturated rings. The van der Waals surface area contributed by atoms with Crippen LogP contribution in [0.3, 0.4) is 0 Å². The van der Waals surface area contributed by atoms with E-state index in [1.165, 1.54) is 18.7 Å². The zero-order chi connectivity index (χ0) is 15.9. The summed E-state index contributed by atoms with van der Waals surface area (Å²) in [5, 5.41) is 6.29. The van der Waals surface area contributed by atoms with E-state index in [1.54, 1.807) is 30.5 Å². The molecule has 0 aliphatic rings. The van der Waals surface area contributed by atoms with Crippen molar-refractivity contribution in [2.75, 3.05) is 16.4 Å². The Morgan fingerprint density at radius 2 is 1.86 bits per heavy atom. The van der Waals surface area contributed by atoms with Gasteiger partial charge in [-0.25, -0.2) is 4.98 Å². The highest BCUT2D eigenvalue weighted by Crippen LogP contribution is 2.18. The predicted octanol–water partition coefficient (Wildman–Crippen LogP) is 3.08. The smallest absolute Gasteiger partial charge is 0.234 e. The van der Waals surface area contributed by atoms with Gasteiger partial charge in [0.25, 0.3) is 0 Å². The first-order valence-corrected chi connectivity index (χ1v) is 7.74. The van der Waals surface area contributed by atoms with Crippen LogP contribution >= 0.6 is 11.8 Å². The van der Waals surface area contributed by atoms with Gasteiger partial charge in [-0.15, -0.1) is 0 Å². The number of nitrogens with one attached hydrogen (secondary N) is 2. The Bertz CT molecular complexity index is 671. The lowest BCUT2D eigenvalue weighted by Crippen LogP contribution is -2.14. The average molecular weight is 315 g/mol. The van der Waals surface area contributed by atoms with Crippen LogP contribution < -0.4 is 10.6 Å². The molecule has 2 aromatic rings. The van der Waals surface area contributed by atoms with Crippen LogP contribution in [0.5, 0.6) is 0 Å². The lowest BCUT2D eigenvalue weighted by Gasteiger charge is -2.07. The summed E-state index contributed by atoms with van der Waals surface area (Å²) in [7, 11) is 0. The lowest BCUT2D eigenvalue weighted by atomic mass is 10.2. The van der Waals surface area contributed by atoms with Gasteiger partial charge in [0.05, 0.1) is 10.8 Å². The highest BCUT2D eigenvalue weighted by Gasteiger charge is 2.05. The molecule has 0 unspecified atom stereocenters. The zero-order valence-electron chi connectivity index (χ0n) is 12.4. The minimum Gasteiger partial charge on any atom is -0.326 e. The maximum atomic E-state index is 11.9. The van der Waals surface area contributed by atoms with E-state index in [4.69, 9.17) is 0 Å². The van der Waals surface area contributed by atoms with E-state index in [-0.39, 0.29) is 17.6 Å². The minimum atomic E-state index is -0.149. The molecule has 0 saturated carbocycles. The molecule has 1 heterocycles. The number of hydrogen-bond donors (Lipinski definition) is 2. The van der Waals surface area contributed by atoms with Gasteiger partial charge in [0, 0.05) is 24.5 Å². The Hall–Kier alpha value is -2.34. The second kappa shape index (κ2) is 7.61. The Kier molecular flexibility index (Phi) is 5.55.